The van der Waals surface area contributed by atoms with Crippen molar-refractivity contribution in [3.8, 4) is 5.75 Å². The number of methoxy groups -OCH3 is 1. The molecule has 2 aromatic carbocycles. The molecule has 1 atom stereocenters. The quantitative estimate of drug-likeness (QED) is 0.872. The van der Waals surface area contributed by atoms with E-state index in [-0.39, 0.29) is 16.3 Å². The van der Waals surface area contributed by atoms with Crippen LogP contribution >= 0.6 is 27.5 Å². The van der Waals surface area contributed by atoms with Gasteiger partial charge in [0.1, 0.15) is 23.5 Å². The molecule has 106 valence electrons. The summed E-state index contributed by atoms with van der Waals surface area (Å²) in [6.07, 6.45) is -1.51. The molecule has 6 heteroatoms. The highest BCUT2D eigenvalue weighted by Crippen LogP contribution is 2.34. The number of aliphatic hydroxyl groups is 1. The standard InChI is InChI=1S/C14H10BrClF2O2/c1-20-8-5-11(17)13(12(18)6-8)14(19)9-4-7(15)2-3-10(9)16/h2-6,14,19H,1H3. The monoisotopic (exact) mass is 362 g/mol. The summed E-state index contributed by atoms with van der Waals surface area (Å²) in [7, 11) is 1.30. The molecule has 0 amide bonds. The Morgan fingerprint density at radius 3 is 2.35 bits per heavy atom. The van der Waals surface area contributed by atoms with E-state index in [0.29, 0.717) is 4.47 Å². The Hall–Kier alpha value is -1.17. The fraction of sp³-hybridized carbons (Fsp3) is 0.143. The summed E-state index contributed by atoms with van der Waals surface area (Å²) in [5.41, 5.74) is -0.255. The lowest BCUT2D eigenvalue weighted by Crippen LogP contribution is -2.07. The van der Waals surface area contributed by atoms with E-state index < -0.39 is 23.3 Å². The Labute approximate surface area is 128 Å². The van der Waals surface area contributed by atoms with Gasteiger partial charge >= 0.3 is 0 Å². The summed E-state index contributed by atoms with van der Waals surface area (Å²) in [6.45, 7) is 0. The lowest BCUT2D eigenvalue weighted by Gasteiger charge is -2.16. The van der Waals surface area contributed by atoms with Crippen LogP contribution in [0.1, 0.15) is 17.2 Å². The summed E-state index contributed by atoms with van der Waals surface area (Å²) in [5.74, 6) is -1.76. The molecule has 0 radical (unpaired) electrons. The molecule has 0 spiro atoms. The predicted octanol–water partition coefficient (Wildman–Crippen LogP) is 4.47. The maximum absolute atomic E-state index is 13.9. The van der Waals surface area contributed by atoms with Crippen molar-refractivity contribution in [2.45, 2.75) is 6.10 Å². The fourth-order valence-electron chi connectivity index (χ4n) is 1.82. The number of hydrogen-bond acceptors (Lipinski definition) is 2. The molecule has 2 rings (SSSR count). The summed E-state index contributed by atoms with van der Waals surface area (Å²) in [5, 5.41) is 10.4. The van der Waals surface area contributed by atoms with Crippen LogP contribution in [-0.2, 0) is 0 Å². The van der Waals surface area contributed by atoms with Gasteiger partial charge in [-0.1, -0.05) is 27.5 Å². The largest absolute Gasteiger partial charge is 0.497 e. The second-order valence-corrected chi connectivity index (χ2v) is 5.40. The van der Waals surface area contributed by atoms with Crippen molar-refractivity contribution in [3.05, 3.63) is 62.6 Å². The number of ether oxygens (including phenoxy) is 1. The number of rotatable bonds is 3. The molecule has 0 bridgehead atoms. The van der Waals surface area contributed by atoms with Gasteiger partial charge < -0.3 is 9.84 Å². The highest BCUT2D eigenvalue weighted by atomic mass is 79.9. The Balaban J connectivity index is 2.53. The van der Waals surface area contributed by atoms with Crippen LogP contribution in [-0.4, -0.2) is 12.2 Å². The minimum absolute atomic E-state index is 0.0382. The minimum Gasteiger partial charge on any atom is -0.497 e. The van der Waals surface area contributed by atoms with E-state index in [1.807, 2.05) is 0 Å². The van der Waals surface area contributed by atoms with E-state index in [2.05, 4.69) is 15.9 Å². The van der Waals surface area contributed by atoms with Crippen LogP contribution < -0.4 is 4.74 Å². The molecule has 0 fully saturated rings. The smallest absolute Gasteiger partial charge is 0.135 e. The zero-order valence-corrected chi connectivity index (χ0v) is 12.7. The second-order valence-electron chi connectivity index (χ2n) is 4.07. The van der Waals surface area contributed by atoms with Crippen molar-refractivity contribution >= 4 is 27.5 Å². The molecule has 0 heterocycles. The van der Waals surface area contributed by atoms with Gasteiger partial charge in [0.2, 0.25) is 0 Å². The number of hydrogen-bond donors (Lipinski definition) is 1. The van der Waals surface area contributed by atoms with Gasteiger partial charge in [0.05, 0.1) is 12.7 Å². The normalized spacial score (nSPS) is 12.3. The second kappa shape index (κ2) is 6.08. The summed E-state index contributed by atoms with van der Waals surface area (Å²) >= 11 is 9.17. The van der Waals surface area contributed by atoms with Gasteiger partial charge in [0, 0.05) is 27.2 Å². The Morgan fingerprint density at radius 1 is 1.20 bits per heavy atom. The van der Waals surface area contributed by atoms with Crippen LogP contribution in [0.25, 0.3) is 0 Å². The van der Waals surface area contributed by atoms with Crippen molar-refractivity contribution < 1.29 is 18.6 Å². The third-order valence-electron chi connectivity index (χ3n) is 2.81. The predicted molar refractivity (Wildman–Crippen MR) is 76.1 cm³/mol. The van der Waals surface area contributed by atoms with Crippen molar-refractivity contribution in [1.29, 1.82) is 0 Å². The van der Waals surface area contributed by atoms with Crippen LogP contribution in [0.2, 0.25) is 5.02 Å². The number of aliphatic hydroxyl groups excluding tert-OH is 1. The van der Waals surface area contributed by atoms with Gasteiger partial charge in [-0.05, 0) is 18.2 Å². The zero-order valence-electron chi connectivity index (χ0n) is 10.3. The van der Waals surface area contributed by atoms with E-state index in [0.717, 1.165) is 12.1 Å². The molecular weight excluding hydrogens is 354 g/mol. The highest BCUT2D eigenvalue weighted by molar-refractivity contribution is 9.10. The molecule has 0 saturated heterocycles. The van der Waals surface area contributed by atoms with Crippen LogP contribution in [0.3, 0.4) is 0 Å². The van der Waals surface area contributed by atoms with E-state index in [1.54, 1.807) is 6.07 Å². The van der Waals surface area contributed by atoms with E-state index >= 15 is 0 Å². The van der Waals surface area contributed by atoms with Crippen molar-refractivity contribution in [2.24, 2.45) is 0 Å². The molecule has 0 aliphatic rings. The Bertz CT molecular complexity index is 626. The number of benzene rings is 2. The fourth-order valence-corrected chi connectivity index (χ4v) is 2.42. The van der Waals surface area contributed by atoms with E-state index in [9.17, 15) is 13.9 Å². The molecule has 2 aromatic rings. The first-order chi connectivity index (χ1) is 9.43. The molecule has 0 saturated carbocycles. The molecule has 1 unspecified atom stereocenters. The average molecular weight is 364 g/mol. The van der Waals surface area contributed by atoms with Gasteiger partial charge in [-0.25, -0.2) is 8.78 Å². The summed E-state index contributed by atoms with van der Waals surface area (Å²) in [4.78, 5) is 0. The maximum Gasteiger partial charge on any atom is 0.135 e. The van der Waals surface area contributed by atoms with Crippen LogP contribution in [0.5, 0.6) is 5.75 Å². The first-order valence-electron chi connectivity index (χ1n) is 5.60. The lowest BCUT2D eigenvalue weighted by atomic mass is 10.00. The molecule has 0 aliphatic heterocycles. The third kappa shape index (κ3) is 2.95. The first-order valence-corrected chi connectivity index (χ1v) is 6.77. The minimum atomic E-state index is -1.51. The summed E-state index contributed by atoms with van der Waals surface area (Å²) < 4.78 is 33.3. The van der Waals surface area contributed by atoms with E-state index in [4.69, 9.17) is 16.3 Å². The molecule has 1 N–H and O–H groups in total. The van der Waals surface area contributed by atoms with Crippen molar-refractivity contribution in [1.82, 2.24) is 0 Å². The molecular formula is C14H10BrClF2O2. The Kier molecular flexibility index (Phi) is 4.62. The molecule has 20 heavy (non-hydrogen) atoms. The van der Waals surface area contributed by atoms with Crippen molar-refractivity contribution in [3.63, 3.8) is 0 Å². The van der Waals surface area contributed by atoms with Crippen LogP contribution in [0.15, 0.2) is 34.8 Å². The lowest BCUT2D eigenvalue weighted by molar-refractivity contribution is 0.208. The van der Waals surface area contributed by atoms with Crippen molar-refractivity contribution in [2.75, 3.05) is 7.11 Å². The summed E-state index contributed by atoms with van der Waals surface area (Å²) in [6, 6.07) is 6.72. The SMILES string of the molecule is COc1cc(F)c(C(O)c2cc(Br)ccc2Cl)c(F)c1. The van der Waals surface area contributed by atoms with Gasteiger partial charge in [-0.3, -0.25) is 0 Å². The van der Waals surface area contributed by atoms with E-state index in [1.165, 1.54) is 19.2 Å². The topological polar surface area (TPSA) is 29.5 Å². The maximum atomic E-state index is 13.9. The first kappa shape index (κ1) is 15.2. The Morgan fingerprint density at radius 2 is 1.80 bits per heavy atom. The van der Waals surface area contributed by atoms with Crippen LogP contribution in [0.4, 0.5) is 8.78 Å². The average Bonchev–Trinajstić information content (AvgIpc) is 2.40. The number of halogens is 4. The van der Waals surface area contributed by atoms with Gasteiger partial charge in [0.15, 0.2) is 0 Å². The van der Waals surface area contributed by atoms with Gasteiger partial charge in [0.25, 0.3) is 0 Å². The van der Waals surface area contributed by atoms with Gasteiger partial charge in [-0.15, -0.1) is 0 Å². The van der Waals surface area contributed by atoms with Gasteiger partial charge in [-0.2, -0.15) is 0 Å². The molecule has 2 nitrogen and oxygen atoms in total. The highest BCUT2D eigenvalue weighted by Gasteiger charge is 2.23. The molecule has 0 aliphatic carbocycles. The third-order valence-corrected chi connectivity index (χ3v) is 3.65. The molecule has 0 aromatic heterocycles. The zero-order chi connectivity index (χ0) is 14.9. The van der Waals surface area contributed by atoms with Crippen LogP contribution in [0, 0.1) is 11.6 Å².